The fourth-order valence-corrected chi connectivity index (χ4v) is 2.78. The molecule has 0 spiro atoms. The summed E-state index contributed by atoms with van der Waals surface area (Å²) in [5, 5.41) is 4.66. The zero-order chi connectivity index (χ0) is 13.3. The topological polar surface area (TPSA) is 60.0 Å². The van der Waals surface area contributed by atoms with Crippen molar-refractivity contribution in [2.45, 2.75) is 38.6 Å². The third kappa shape index (κ3) is 2.57. The van der Waals surface area contributed by atoms with E-state index in [1.54, 1.807) is 0 Å². The second kappa shape index (κ2) is 5.36. The lowest BCUT2D eigenvalue weighted by atomic mass is 9.85. The van der Waals surface area contributed by atoms with Gasteiger partial charge in [-0.05, 0) is 33.4 Å². The van der Waals surface area contributed by atoms with Gasteiger partial charge in [0.15, 0.2) is 5.82 Å². The van der Waals surface area contributed by atoms with Crippen LogP contribution in [0.4, 0.5) is 0 Å². The van der Waals surface area contributed by atoms with E-state index in [0.29, 0.717) is 24.4 Å². The molecule has 2 heterocycles. The van der Waals surface area contributed by atoms with Gasteiger partial charge in [-0.3, -0.25) is 0 Å². The zero-order valence-electron chi connectivity index (χ0n) is 11.9. The van der Waals surface area contributed by atoms with Crippen LogP contribution in [0.3, 0.4) is 0 Å². The Kier molecular flexibility index (Phi) is 4.02. The van der Waals surface area contributed by atoms with Gasteiger partial charge in [0.2, 0.25) is 0 Å². The Morgan fingerprint density at radius 1 is 1.39 bits per heavy atom. The average Bonchev–Trinajstić information content (AvgIpc) is 2.71. The fraction of sp³-hybridized carbons (Fsp3) is 0.846. The summed E-state index contributed by atoms with van der Waals surface area (Å²) in [5.41, 5.74) is 5.90. The number of nitrogens with two attached hydrogens (primary N) is 1. The van der Waals surface area contributed by atoms with E-state index >= 15 is 0 Å². The first-order valence-corrected chi connectivity index (χ1v) is 6.83. The minimum atomic E-state index is 0.363. The van der Waals surface area contributed by atoms with Crippen molar-refractivity contribution in [3.8, 4) is 0 Å². The molecule has 5 heteroatoms. The Labute approximate surface area is 109 Å². The van der Waals surface area contributed by atoms with E-state index in [4.69, 9.17) is 10.7 Å². The van der Waals surface area contributed by atoms with E-state index in [-0.39, 0.29) is 0 Å². The molecule has 1 aromatic rings. The maximum absolute atomic E-state index is 5.90. The normalized spacial score (nSPS) is 27.6. The summed E-state index contributed by atoms with van der Waals surface area (Å²) in [4.78, 5) is 6.88. The zero-order valence-corrected chi connectivity index (χ0v) is 11.9. The monoisotopic (exact) mass is 251 g/mol. The van der Waals surface area contributed by atoms with E-state index in [0.717, 1.165) is 31.0 Å². The highest BCUT2D eigenvalue weighted by Crippen LogP contribution is 2.35. The Morgan fingerprint density at radius 3 is 2.72 bits per heavy atom. The molecule has 0 radical (unpaired) electrons. The first-order chi connectivity index (χ1) is 8.52. The highest BCUT2D eigenvalue weighted by Gasteiger charge is 2.32. The number of nitrogens with zero attached hydrogens (tertiary/aromatic N) is 4. The van der Waals surface area contributed by atoms with Gasteiger partial charge >= 0.3 is 0 Å². The number of fused-ring (bicyclic) bond motifs is 1. The van der Waals surface area contributed by atoms with Crippen LogP contribution in [-0.2, 0) is 6.42 Å². The summed E-state index contributed by atoms with van der Waals surface area (Å²) in [6, 6.07) is 0.443. The molecule has 0 bridgehead atoms. The number of hydrogen-bond donors (Lipinski definition) is 1. The Balaban J connectivity index is 2.22. The van der Waals surface area contributed by atoms with Crippen molar-refractivity contribution in [2.75, 3.05) is 27.2 Å². The van der Waals surface area contributed by atoms with Crippen molar-refractivity contribution in [3.63, 3.8) is 0 Å². The summed E-state index contributed by atoms with van der Waals surface area (Å²) >= 11 is 0. The molecule has 18 heavy (non-hydrogen) atoms. The summed E-state index contributed by atoms with van der Waals surface area (Å²) in [6.07, 6.45) is 2.05. The van der Waals surface area contributed by atoms with Gasteiger partial charge in [0, 0.05) is 25.4 Å². The maximum atomic E-state index is 5.90. The van der Waals surface area contributed by atoms with Crippen molar-refractivity contribution in [1.29, 1.82) is 0 Å². The molecule has 0 saturated carbocycles. The van der Waals surface area contributed by atoms with Crippen LogP contribution in [0.2, 0.25) is 0 Å². The Hall–Kier alpha value is -0.940. The first-order valence-electron chi connectivity index (χ1n) is 6.83. The van der Waals surface area contributed by atoms with Crippen LogP contribution in [0, 0.1) is 5.92 Å². The summed E-state index contributed by atoms with van der Waals surface area (Å²) in [5.74, 6) is 3.01. The van der Waals surface area contributed by atoms with Crippen LogP contribution in [0.1, 0.15) is 43.9 Å². The van der Waals surface area contributed by atoms with Crippen LogP contribution in [0.15, 0.2) is 0 Å². The van der Waals surface area contributed by atoms with Gasteiger partial charge < -0.3 is 10.6 Å². The van der Waals surface area contributed by atoms with Gasteiger partial charge in [-0.2, -0.15) is 5.10 Å². The quantitative estimate of drug-likeness (QED) is 0.868. The highest BCUT2D eigenvalue weighted by molar-refractivity contribution is 5.07. The van der Waals surface area contributed by atoms with E-state index in [1.807, 2.05) is 0 Å². The predicted octanol–water partition coefficient (Wildman–Crippen LogP) is 1.03. The van der Waals surface area contributed by atoms with Crippen LogP contribution in [-0.4, -0.2) is 46.8 Å². The lowest BCUT2D eigenvalue weighted by molar-refractivity contribution is 0.271. The molecule has 102 valence electrons. The number of rotatable bonds is 4. The van der Waals surface area contributed by atoms with Crippen molar-refractivity contribution in [2.24, 2.45) is 11.7 Å². The molecule has 2 N–H and O–H groups in total. The van der Waals surface area contributed by atoms with Crippen molar-refractivity contribution in [1.82, 2.24) is 19.7 Å². The van der Waals surface area contributed by atoms with E-state index in [9.17, 15) is 0 Å². The van der Waals surface area contributed by atoms with Gasteiger partial charge in [0.25, 0.3) is 0 Å². The van der Waals surface area contributed by atoms with Crippen LogP contribution in [0.25, 0.3) is 0 Å². The minimum absolute atomic E-state index is 0.363. The average molecular weight is 251 g/mol. The van der Waals surface area contributed by atoms with Crippen LogP contribution in [0.5, 0.6) is 0 Å². The second-order valence-corrected chi connectivity index (χ2v) is 5.79. The number of hydrogen-bond acceptors (Lipinski definition) is 4. The molecule has 1 aliphatic heterocycles. The largest absolute Gasteiger partial charge is 0.330 e. The first kappa shape index (κ1) is 13.5. The van der Waals surface area contributed by atoms with Gasteiger partial charge in [-0.1, -0.05) is 6.92 Å². The van der Waals surface area contributed by atoms with E-state index in [2.05, 4.69) is 42.6 Å². The van der Waals surface area contributed by atoms with Crippen molar-refractivity contribution < 1.29 is 0 Å². The standard InChI is InChI=1S/C13H25N5/c1-9-7-10(2)18-13(11(9)8-14)15-12(16-18)5-6-17(3)4/h9-11H,5-8,14H2,1-4H3. The molecule has 1 aromatic heterocycles. The van der Waals surface area contributed by atoms with E-state index < -0.39 is 0 Å². The highest BCUT2D eigenvalue weighted by atomic mass is 15.4. The van der Waals surface area contributed by atoms with Crippen molar-refractivity contribution in [3.05, 3.63) is 11.6 Å². The van der Waals surface area contributed by atoms with Crippen LogP contribution >= 0.6 is 0 Å². The number of likely N-dealkylation sites (N-methyl/N-ethyl adjacent to an activating group) is 1. The van der Waals surface area contributed by atoms with Crippen LogP contribution < -0.4 is 5.73 Å². The third-order valence-corrected chi connectivity index (χ3v) is 3.89. The van der Waals surface area contributed by atoms with Gasteiger partial charge in [-0.15, -0.1) is 0 Å². The summed E-state index contributed by atoms with van der Waals surface area (Å²) < 4.78 is 2.10. The maximum Gasteiger partial charge on any atom is 0.152 e. The lowest BCUT2D eigenvalue weighted by Gasteiger charge is -2.31. The lowest BCUT2D eigenvalue weighted by Crippen LogP contribution is -2.31. The molecule has 3 atom stereocenters. The molecule has 2 rings (SSSR count). The van der Waals surface area contributed by atoms with Crippen molar-refractivity contribution >= 4 is 0 Å². The molecule has 0 amide bonds. The molecule has 5 nitrogen and oxygen atoms in total. The SMILES string of the molecule is CC1CC(C)n2nc(CCN(C)C)nc2C1CN. The molecular formula is C13H25N5. The molecule has 3 unspecified atom stereocenters. The third-order valence-electron chi connectivity index (χ3n) is 3.89. The molecular weight excluding hydrogens is 226 g/mol. The molecule has 0 saturated heterocycles. The van der Waals surface area contributed by atoms with Gasteiger partial charge in [0.1, 0.15) is 5.82 Å². The fourth-order valence-electron chi connectivity index (χ4n) is 2.78. The van der Waals surface area contributed by atoms with E-state index in [1.165, 1.54) is 0 Å². The molecule has 1 aliphatic rings. The Bertz CT molecular complexity index is 398. The number of aromatic nitrogens is 3. The molecule has 0 aliphatic carbocycles. The summed E-state index contributed by atoms with van der Waals surface area (Å²) in [6.45, 7) is 6.14. The minimum Gasteiger partial charge on any atom is -0.330 e. The smallest absolute Gasteiger partial charge is 0.152 e. The summed E-state index contributed by atoms with van der Waals surface area (Å²) in [7, 11) is 4.15. The van der Waals surface area contributed by atoms with Gasteiger partial charge in [0.05, 0.1) is 6.04 Å². The molecule has 0 aromatic carbocycles. The second-order valence-electron chi connectivity index (χ2n) is 5.79. The van der Waals surface area contributed by atoms with Gasteiger partial charge in [-0.25, -0.2) is 9.67 Å². The molecule has 0 fully saturated rings. The predicted molar refractivity (Wildman–Crippen MR) is 72.6 cm³/mol. The Morgan fingerprint density at radius 2 is 2.11 bits per heavy atom.